The van der Waals surface area contributed by atoms with Gasteiger partial charge in [-0.15, -0.1) is 11.3 Å². The minimum absolute atomic E-state index is 0.00137. The van der Waals surface area contributed by atoms with Crippen molar-refractivity contribution in [2.75, 3.05) is 14.2 Å². The Morgan fingerprint density at radius 1 is 1.60 bits per heavy atom. The van der Waals surface area contributed by atoms with Gasteiger partial charge in [0.25, 0.3) is 0 Å². The number of carbonyl (C=O) groups excluding carboxylic acids is 1. The molecule has 0 aliphatic carbocycles. The molecule has 4 nitrogen and oxygen atoms in total. The summed E-state index contributed by atoms with van der Waals surface area (Å²) in [6.45, 7) is 2.52. The molecule has 0 fully saturated rings. The fraction of sp³-hybridized carbons (Fsp3) is 0.500. The number of methoxy groups -OCH3 is 1. The maximum atomic E-state index is 11.2. The zero-order valence-corrected chi connectivity index (χ0v) is 9.98. The first-order valence-corrected chi connectivity index (χ1v) is 5.56. The van der Waals surface area contributed by atoms with E-state index < -0.39 is 0 Å². The molecule has 1 rings (SSSR count). The minimum Gasteiger partial charge on any atom is -0.487 e. The van der Waals surface area contributed by atoms with Gasteiger partial charge >= 0.3 is 0 Å². The van der Waals surface area contributed by atoms with Crippen LogP contribution >= 0.6 is 11.3 Å². The number of likely N-dealkylation sites (N-methyl/N-ethyl adjacent to an activating group) is 1. The van der Waals surface area contributed by atoms with Crippen LogP contribution in [0.15, 0.2) is 12.1 Å². The van der Waals surface area contributed by atoms with Crippen molar-refractivity contribution in [3.8, 4) is 5.06 Å². The molecule has 0 saturated carbocycles. The maximum Gasteiger partial charge on any atom is 0.236 e. The summed E-state index contributed by atoms with van der Waals surface area (Å²) in [5.74, 6) is -0.00137. The topological polar surface area (TPSA) is 50.4 Å². The van der Waals surface area contributed by atoms with Crippen molar-refractivity contribution in [3.05, 3.63) is 17.0 Å². The third-order valence-corrected chi connectivity index (χ3v) is 3.11. The summed E-state index contributed by atoms with van der Waals surface area (Å²) >= 11 is 1.58. The minimum atomic E-state index is -0.178. The van der Waals surface area contributed by atoms with E-state index in [4.69, 9.17) is 4.74 Å². The van der Waals surface area contributed by atoms with Crippen molar-refractivity contribution in [1.29, 1.82) is 0 Å². The van der Waals surface area contributed by atoms with Gasteiger partial charge in [-0.25, -0.2) is 0 Å². The average Bonchev–Trinajstić information content (AvgIpc) is 2.72. The second kappa shape index (κ2) is 5.72. The molecule has 0 aliphatic rings. The smallest absolute Gasteiger partial charge is 0.236 e. The van der Waals surface area contributed by atoms with Gasteiger partial charge in [-0.3, -0.25) is 4.79 Å². The highest BCUT2D eigenvalue weighted by Gasteiger charge is 2.10. The molecule has 1 atom stereocenters. The zero-order chi connectivity index (χ0) is 11.3. The third kappa shape index (κ3) is 3.53. The van der Waals surface area contributed by atoms with E-state index in [0.29, 0.717) is 6.54 Å². The fourth-order valence-corrected chi connectivity index (χ4v) is 1.90. The van der Waals surface area contributed by atoms with Crippen LogP contribution in [-0.2, 0) is 11.3 Å². The second-order valence-electron chi connectivity index (χ2n) is 3.14. The number of hydrogen-bond acceptors (Lipinski definition) is 4. The first-order chi connectivity index (χ1) is 7.17. The lowest BCUT2D eigenvalue weighted by Crippen LogP contribution is -2.40. The van der Waals surface area contributed by atoms with Crippen LogP contribution in [0.2, 0.25) is 0 Å². The van der Waals surface area contributed by atoms with Gasteiger partial charge in [0.05, 0.1) is 13.2 Å². The number of rotatable bonds is 5. The zero-order valence-electron chi connectivity index (χ0n) is 9.16. The number of amides is 1. The van der Waals surface area contributed by atoms with E-state index in [9.17, 15) is 4.79 Å². The molecule has 1 aromatic rings. The molecule has 0 radical (unpaired) electrons. The van der Waals surface area contributed by atoms with E-state index in [1.807, 2.05) is 19.1 Å². The Morgan fingerprint density at radius 2 is 2.33 bits per heavy atom. The highest BCUT2D eigenvalue weighted by Crippen LogP contribution is 2.23. The van der Waals surface area contributed by atoms with Gasteiger partial charge in [-0.05, 0) is 19.1 Å². The first-order valence-electron chi connectivity index (χ1n) is 4.75. The van der Waals surface area contributed by atoms with Gasteiger partial charge in [0.2, 0.25) is 5.91 Å². The predicted molar refractivity (Wildman–Crippen MR) is 61.2 cm³/mol. The molecular weight excluding hydrogens is 212 g/mol. The summed E-state index contributed by atoms with van der Waals surface area (Å²) in [5, 5.41) is 6.61. The Bertz CT molecular complexity index is 325. The highest BCUT2D eigenvalue weighted by molar-refractivity contribution is 7.13. The van der Waals surface area contributed by atoms with Crippen molar-refractivity contribution in [1.82, 2.24) is 10.6 Å². The van der Waals surface area contributed by atoms with Crippen molar-refractivity contribution >= 4 is 17.2 Å². The predicted octanol–water partition coefficient (Wildman–Crippen LogP) is 0.981. The number of carbonyl (C=O) groups is 1. The van der Waals surface area contributed by atoms with Crippen molar-refractivity contribution in [2.24, 2.45) is 0 Å². The maximum absolute atomic E-state index is 11.2. The Kier molecular flexibility index (Phi) is 4.58. The second-order valence-corrected chi connectivity index (χ2v) is 4.27. The lowest BCUT2D eigenvalue weighted by molar-refractivity contribution is -0.122. The molecule has 0 aromatic carbocycles. The summed E-state index contributed by atoms with van der Waals surface area (Å²) < 4.78 is 5.08. The summed E-state index contributed by atoms with van der Waals surface area (Å²) in [4.78, 5) is 12.4. The molecule has 1 heterocycles. The quantitative estimate of drug-likeness (QED) is 0.790. The molecule has 2 N–H and O–H groups in total. The summed E-state index contributed by atoms with van der Waals surface area (Å²) in [7, 11) is 3.28. The lowest BCUT2D eigenvalue weighted by Gasteiger charge is -2.10. The van der Waals surface area contributed by atoms with Crippen molar-refractivity contribution < 1.29 is 9.53 Å². The van der Waals surface area contributed by atoms with Gasteiger partial charge in [-0.1, -0.05) is 0 Å². The van der Waals surface area contributed by atoms with Crippen LogP contribution in [0.5, 0.6) is 5.06 Å². The summed E-state index contributed by atoms with van der Waals surface area (Å²) in [6, 6.07) is 3.74. The van der Waals surface area contributed by atoms with Crippen LogP contribution in [0, 0.1) is 0 Å². The monoisotopic (exact) mass is 228 g/mol. The van der Waals surface area contributed by atoms with Crippen LogP contribution < -0.4 is 15.4 Å². The molecule has 0 aliphatic heterocycles. The Hall–Kier alpha value is -1.07. The summed E-state index contributed by atoms with van der Waals surface area (Å²) in [6.07, 6.45) is 0. The van der Waals surface area contributed by atoms with Crippen LogP contribution in [-0.4, -0.2) is 26.1 Å². The SMILES string of the molecule is CNC(=O)[C@@H](C)NCc1ccc(OC)s1. The van der Waals surface area contributed by atoms with Crippen LogP contribution in [0.3, 0.4) is 0 Å². The third-order valence-electron chi connectivity index (χ3n) is 2.06. The lowest BCUT2D eigenvalue weighted by atomic mass is 10.3. The molecule has 1 amide bonds. The van der Waals surface area contributed by atoms with Gasteiger partial charge in [0, 0.05) is 18.5 Å². The van der Waals surface area contributed by atoms with Gasteiger partial charge in [0.1, 0.15) is 0 Å². The van der Waals surface area contributed by atoms with E-state index in [0.717, 1.165) is 9.94 Å². The normalized spacial score (nSPS) is 12.2. The fourth-order valence-electron chi connectivity index (χ4n) is 1.13. The molecule has 0 unspecified atom stereocenters. The van der Waals surface area contributed by atoms with E-state index in [2.05, 4.69) is 10.6 Å². The highest BCUT2D eigenvalue weighted by atomic mass is 32.1. The molecular formula is C10H16N2O2S. The van der Waals surface area contributed by atoms with Crippen LogP contribution in [0.4, 0.5) is 0 Å². The van der Waals surface area contributed by atoms with Gasteiger partial charge in [-0.2, -0.15) is 0 Å². The van der Waals surface area contributed by atoms with E-state index in [-0.39, 0.29) is 11.9 Å². The number of nitrogens with one attached hydrogen (secondary N) is 2. The van der Waals surface area contributed by atoms with Gasteiger partial charge in [0.15, 0.2) is 5.06 Å². The molecule has 15 heavy (non-hydrogen) atoms. The van der Waals surface area contributed by atoms with Crippen LogP contribution in [0.1, 0.15) is 11.8 Å². The van der Waals surface area contributed by atoms with Crippen LogP contribution in [0.25, 0.3) is 0 Å². The molecule has 0 saturated heterocycles. The number of ether oxygens (including phenoxy) is 1. The average molecular weight is 228 g/mol. The van der Waals surface area contributed by atoms with E-state index in [1.165, 1.54) is 0 Å². The van der Waals surface area contributed by atoms with Crippen molar-refractivity contribution in [3.63, 3.8) is 0 Å². The van der Waals surface area contributed by atoms with Gasteiger partial charge < -0.3 is 15.4 Å². The first kappa shape index (κ1) is 12.0. The Balaban J connectivity index is 2.39. The molecule has 1 aromatic heterocycles. The summed E-state index contributed by atoms with van der Waals surface area (Å²) in [5.41, 5.74) is 0. The van der Waals surface area contributed by atoms with E-state index >= 15 is 0 Å². The Labute approximate surface area is 93.6 Å². The standard InChI is InChI=1S/C10H16N2O2S/c1-7(10(13)11-2)12-6-8-4-5-9(14-3)15-8/h4-5,7,12H,6H2,1-3H3,(H,11,13)/t7-/m1/s1. The molecule has 5 heteroatoms. The molecule has 0 bridgehead atoms. The number of thiophene rings is 1. The largest absolute Gasteiger partial charge is 0.487 e. The molecule has 0 spiro atoms. The Morgan fingerprint density at radius 3 is 2.87 bits per heavy atom. The number of hydrogen-bond donors (Lipinski definition) is 2. The van der Waals surface area contributed by atoms with E-state index in [1.54, 1.807) is 25.5 Å². The molecule has 84 valence electrons. The van der Waals surface area contributed by atoms with Crippen molar-refractivity contribution in [2.45, 2.75) is 19.5 Å².